The Bertz CT molecular complexity index is 4330. The summed E-state index contributed by atoms with van der Waals surface area (Å²) in [5, 5.41) is 215. The number of likely N-dealkylation sites (N-methyl/N-ethyl adjacent to an activating group) is 3. The molecule has 53 atom stereocenters. The normalized spacial score (nSPS) is 44.4. The molecule has 0 aromatic heterocycles. The Kier molecular flexibility index (Phi) is 44.4. The van der Waals surface area contributed by atoms with E-state index in [4.69, 9.17) is 137 Å². The number of alkyl carbamates (subject to hydrolysis) is 2. The Morgan fingerprint density at radius 2 is 0.772 bits per heavy atom. The zero-order chi connectivity index (χ0) is 109. The number of hydrogen-bond acceptors (Lipinski definition) is 53. The van der Waals surface area contributed by atoms with Crippen molar-refractivity contribution in [2.75, 3.05) is 54.1 Å². The van der Waals surface area contributed by atoms with Crippen molar-refractivity contribution in [1.29, 1.82) is 0 Å². The van der Waals surface area contributed by atoms with Crippen molar-refractivity contribution in [2.24, 2.45) is 57.5 Å². The number of nitrogens with zero attached hydrogens (tertiary/aromatic N) is 1. The van der Waals surface area contributed by atoms with E-state index in [2.05, 4.69) is 55.1 Å². The lowest BCUT2D eigenvalue weighted by molar-refractivity contribution is -0.375. The number of fused-ring (bicyclic) bond motifs is 5. The predicted octanol–water partition coefficient (Wildman–Crippen LogP) is -19.3. The lowest BCUT2D eigenvalue weighted by Crippen LogP contribution is -2.70. The maximum Gasteiger partial charge on any atom is 0.410 e. The van der Waals surface area contributed by atoms with Gasteiger partial charge in [0.25, 0.3) is 11.8 Å². The number of ether oxygens (including phenoxy) is 18. The van der Waals surface area contributed by atoms with Crippen LogP contribution in [0.15, 0.2) is 60.7 Å². The molecule has 6 radical (unpaired) electrons. The van der Waals surface area contributed by atoms with Gasteiger partial charge in [-0.3, -0.25) is 14.5 Å². The third-order valence-electron chi connectivity index (χ3n) is 28.5. The van der Waals surface area contributed by atoms with Crippen LogP contribution in [0.3, 0.4) is 0 Å². The Balaban J connectivity index is 0.000000198. The summed E-state index contributed by atoms with van der Waals surface area (Å²) < 4.78 is 106. The molecule has 15 rings (SSSR count). The van der Waals surface area contributed by atoms with E-state index >= 15 is 0 Å². The fourth-order valence-corrected chi connectivity index (χ4v) is 20.1. The van der Waals surface area contributed by atoms with Crippen molar-refractivity contribution in [2.45, 2.75) is 377 Å². The van der Waals surface area contributed by atoms with E-state index < -0.39 is 394 Å². The third kappa shape index (κ3) is 28.8. The molecule has 2 aromatic carbocycles. The molecule has 0 bridgehead atoms. The van der Waals surface area contributed by atoms with Crippen molar-refractivity contribution < 1.29 is 206 Å². The molecule has 10 saturated heterocycles. The van der Waals surface area contributed by atoms with Gasteiger partial charge in [-0.15, -0.1) is 0 Å². The van der Waals surface area contributed by atoms with Crippen molar-refractivity contribution in [3.63, 3.8) is 0 Å². The van der Waals surface area contributed by atoms with Crippen LogP contribution < -0.4 is 83.5 Å². The van der Waals surface area contributed by atoms with Crippen LogP contribution in [0.4, 0.5) is 14.4 Å². The van der Waals surface area contributed by atoms with Gasteiger partial charge in [0.15, 0.2) is 62.7 Å². The number of benzene rings is 2. The molecule has 836 valence electrons. The molecule has 2 aromatic rings. The quantitative estimate of drug-likeness (QED) is 0.0266. The second-order valence-electron chi connectivity index (χ2n) is 39.1. The third-order valence-corrected chi connectivity index (χ3v) is 28.5. The fraction of sp³-hybridized carbons (Fsp3) is 0.805. The van der Waals surface area contributed by atoms with E-state index in [0.717, 1.165) is 11.1 Å². The van der Waals surface area contributed by atoms with Crippen molar-refractivity contribution >= 4 is 59.7 Å². The molecule has 13 aliphatic rings. The van der Waals surface area contributed by atoms with Crippen LogP contribution in [0.25, 0.3) is 0 Å². The van der Waals surface area contributed by atoms with Gasteiger partial charge >= 0.3 is 18.3 Å². The molecule has 3 saturated carbocycles. The van der Waals surface area contributed by atoms with Crippen LogP contribution in [0.2, 0.25) is 0 Å². The molecule has 58 nitrogen and oxygen atoms in total. The molecule has 10 aliphatic heterocycles. The SMILES string of the molecule is CC1C[C@@H]2OC(O[C@H]3OC(CO)[C@@H](N)[C@H](O)C3O)C3C(OC(=O)N3C)C2O[C@@H]1O[C@@H]1C(NC(=O)OCc2ccccc2)C[C@@H](NC(=O)OCc2ccccc2)C(O)[C@H]1O.CNC1C(O[C@H]2OC(CO)[C@@H](NC(=O)[C@@H](O)CN)[C@H](O)C2O)O[C@H]2CC(N)[C@@H](O[C@@H]3C(N)C[C@@H](N)C(O)[C@H]3O)OC2C1O.CNC1C(O[C@H]2OC(CO)[C@@H](NC(=O)[C@H](O)CN)[C@H](O)C2O)O[C@H]2CC(N)[C@@H](O[C@@H]3C(N)C[C@@H](N)C(O)[C@H]3O)OC2C1O.[B]B([B])[B]. The monoisotopic (exact) mass is 2130 g/mol. The highest BCUT2D eigenvalue weighted by Gasteiger charge is 2.64. The zero-order valence-corrected chi connectivity index (χ0v) is 81.9. The van der Waals surface area contributed by atoms with Crippen LogP contribution in [0.1, 0.15) is 56.6 Å². The van der Waals surface area contributed by atoms with Gasteiger partial charge in [-0.25, -0.2) is 14.4 Å². The molecule has 5 amide bonds. The first kappa shape index (κ1) is 121. The summed E-state index contributed by atoms with van der Waals surface area (Å²) in [4.78, 5) is 64.4. The standard InChI is InChI=1S/C39H52N4O16.2C24H46N6O13.B4/c1-18-13-23-32(33-26(43(2)39(51)58-33)35(54-23)59-36-30(48)28(46)25(40)24(15-44)55-36)57-34(18)56-31-22(42-38(50)53-17-20-11-7-4-8-12-20)14-21(27(45)29(31)47)41-37(49)52-16-19-9-5-3-6-10-19;2*1-29-13-16(35)20-10(3-8(28)22(42-20)41-19-7(27)2-6(26)14(33)17(19)36)39-23(13)43-24-18(37)15(34)12(11(5-31)40-24)30-21(38)9(32)4-25;1-4(2)3/h3-12,18,21-36,44-48H,13-17,40H2,1-2H3,(H,41,49)(H,42,50);2*6-20,22-24,29,31-37H,2-5,25-28H2,1H3,(H,30,38);/t18?,21-,22?,23+,24?,25-,26?,27?,28+,29-,30?,31-,32?,33?,34+,35?,36-;6-,7?,8?,9+,10+,11?,12-,13?,14?,15+,16?,17-,18?,19-,20?,22+,23?,24-;6-,7?,8?,9-,10+,11?,12-,13?,14?,15+,16?,17-,18?,19-,20?,22+,23?,24-;/m111./s1. The lowest BCUT2D eigenvalue weighted by Gasteiger charge is -2.51. The number of rotatable bonds is 29. The minimum atomic E-state index is -1.75. The average molecular weight is 2130 g/mol. The van der Waals surface area contributed by atoms with E-state index in [1.54, 1.807) is 55.5 Å². The molecular weight excluding hydrogens is 1980 g/mol. The zero-order valence-electron chi connectivity index (χ0n) is 81.9. The average Bonchev–Trinajstić information content (AvgIpc) is 1.63. The Morgan fingerprint density at radius 1 is 0.396 bits per heavy atom. The highest BCUT2D eigenvalue weighted by molar-refractivity contribution is 7.49. The second kappa shape index (κ2) is 54.5. The number of nitrogens with two attached hydrogens (primary N) is 9. The fourth-order valence-electron chi connectivity index (χ4n) is 20.1. The van der Waals surface area contributed by atoms with Gasteiger partial charge in [-0.2, -0.15) is 0 Å². The number of nitrogens with one attached hydrogen (secondary N) is 6. The Hall–Kier alpha value is -6.35. The van der Waals surface area contributed by atoms with Crippen molar-refractivity contribution in [1.82, 2.24) is 36.8 Å². The second-order valence-corrected chi connectivity index (χ2v) is 39.1. The van der Waals surface area contributed by atoms with Crippen molar-refractivity contribution in [3.8, 4) is 0 Å². The van der Waals surface area contributed by atoms with E-state index in [9.17, 15) is 121 Å². The van der Waals surface area contributed by atoms with Gasteiger partial charge in [-0.1, -0.05) is 67.6 Å². The van der Waals surface area contributed by atoms with Crippen molar-refractivity contribution in [3.05, 3.63) is 71.8 Å². The molecule has 149 heavy (non-hydrogen) atoms. The van der Waals surface area contributed by atoms with Gasteiger partial charge < -0.3 is 266 Å². The summed E-state index contributed by atoms with van der Waals surface area (Å²) in [6.45, 7) is -1.06. The number of carbonyl (C=O) groups is 5. The molecule has 3 aliphatic carbocycles. The summed E-state index contributed by atoms with van der Waals surface area (Å²) in [5.41, 5.74) is 54.4. The van der Waals surface area contributed by atoms with Crippen LogP contribution >= 0.6 is 0 Å². The minimum Gasteiger partial charge on any atom is -0.445 e. The van der Waals surface area contributed by atoms with E-state index in [1.165, 1.54) is 26.0 Å². The number of aliphatic hydroxyl groups is 19. The smallest absolute Gasteiger partial charge is 0.410 e. The molecule has 0 spiro atoms. The van der Waals surface area contributed by atoms with Gasteiger partial charge in [0.2, 0.25) is 0 Å². The summed E-state index contributed by atoms with van der Waals surface area (Å²) in [6, 6.07) is 4.67. The van der Waals surface area contributed by atoms with Gasteiger partial charge in [0.05, 0.1) is 105 Å². The van der Waals surface area contributed by atoms with Crippen LogP contribution in [0.5, 0.6) is 0 Å². The Labute approximate surface area is 859 Å². The first-order chi connectivity index (χ1) is 70.7. The summed E-state index contributed by atoms with van der Waals surface area (Å²) in [6.07, 6.45) is -51.9. The Morgan fingerprint density at radius 3 is 1.19 bits per heavy atom. The highest BCUT2D eigenvalue weighted by atomic mass is 16.8. The first-order valence-corrected chi connectivity index (χ1v) is 49.0. The number of amides is 5. The van der Waals surface area contributed by atoms with Crippen LogP contribution in [-0.4, -0.2) is 534 Å². The summed E-state index contributed by atoms with van der Waals surface area (Å²) in [5.74, 6) is -2.34. The number of hydrogen-bond donors (Lipinski definition) is 34. The highest BCUT2D eigenvalue weighted by Crippen LogP contribution is 2.45. The number of carbonyl (C=O) groups excluding carboxylic acids is 5. The topological polar surface area (TPSA) is 945 Å². The molecule has 13 fully saturated rings. The van der Waals surface area contributed by atoms with Crippen LogP contribution in [-0.2, 0) is 108 Å². The molecular formula is C87H144B4N16O42. The molecule has 43 N–H and O–H groups in total. The van der Waals surface area contributed by atoms with Gasteiger partial charge in [0.1, 0.15) is 160 Å². The summed E-state index contributed by atoms with van der Waals surface area (Å²) >= 11 is 0. The molecule has 27 unspecified atom stereocenters. The largest absolute Gasteiger partial charge is 0.445 e. The lowest BCUT2D eigenvalue weighted by atomic mass is 9.08. The van der Waals surface area contributed by atoms with E-state index in [1.807, 2.05) is 12.1 Å². The minimum absolute atomic E-state index is 0.0435. The maximum absolute atomic E-state index is 13.2. The molecule has 62 heteroatoms. The van der Waals surface area contributed by atoms with Gasteiger partial charge in [0, 0.05) is 79.8 Å². The predicted molar refractivity (Wildman–Crippen MR) is 505 cm³/mol. The first-order valence-electron chi connectivity index (χ1n) is 49.0. The number of aliphatic hydroxyl groups excluding tert-OH is 19. The van der Waals surface area contributed by atoms with Crippen LogP contribution in [0, 0.1) is 5.92 Å². The van der Waals surface area contributed by atoms with E-state index in [-0.39, 0.29) is 51.7 Å². The van der Waals surface area contributed by atoms with Gasteiger partial charge in [-0.05, 0) is 63.7 Å². The maximum atomic E-state index is 13.2. The van der Waals surface area contributed by atoms with E-state index in [0.29, 0.717) is 0 Å². The summed E-state index contributed by atoms with van der Waals surface area (Å²) in [7, 11) is 18.5. The molecule has 10 heterocycles.